The summed E-state index contributed by atoms with van der Waals surface area (Å²) in [4.78, 5) is 2.70. The smallest absolute Gasteiger partial charge is 0.243 e. The number of benzene rings is 2. The second-order valence-corrected chi connectivity index (χ2v) is 8.20. The predicted octanol–water partition coefficient (Wildman–Crippen LogP) is 2.51. The highest BCUT2D eigenvalue weighted by Gasteiger charge is 2.29. The molecule has 2 aromatic carbocycles. The first-order valence-electron chi connectivity index (χ1n) is 8.42. The van der Waals surface area contributed by atoms with Gasteiger partial charge in [-0.15, -0.1) is 0 Å². The van der Waals surface area contributed by atoms with Crippen LogP contribution in [0, 0.1) is 6.92 Å². The zero-order chi connectivity index (χ0) is 17.9. The quantitative estimate of drug-likeness (QED) is 0.822. The van der Waals surface area contributed by atoms with Crippen LogP contribution in [-0.2, 0) is 16.6 Å². The van der Waals surface area contributed by atoms with Crippen LogP contribution >= 0.6 is 0 Å². The van der Waals surface area contributed by atoms with Gasteiger partial charge >= 0.3 is 0 Å². The molecule has 5 nitrogen and oxygen atoms in total. The van der Waals surface area contributed by atoms with Gasteiger partial charge in [0.2, 0.25) is 10.0 Å². The summed E-state index contributed by atoms with van der Waals surface area (Å²) in [6, 6.07) is 15.2. The summed E-state index contributed by atoms with van der Waals surface area (Å²) < 4.78 is 32.4. The molecule has 1 saturated heterocycles. The topological polar surface area (TPSA) is 49.9 Å². The summed E-state index contributed by atoms with van der Waals surface area (Å²) in [5, 5.41) is 0. The van der Waals surface area contributed by atoms with E-state index < -0.39 is 10.0 Å². The van der Waals surface area contributed by atoms with Crippen LogP contribution in [0.15, 0.2) is 53.4 Å². The fourth-order valence-corrected chi connectivity index (χ4v) is 4.75. The van der Waals surface area contributed by atoms with Crippen LogP contribution < -0.4 is 4.74 Å². The van der Waals surface area contributed by atoms with Gasteiger partial charge in [0.1, 0.15) is 5.75 Å². The number of ether oxygens (including phenoxy) is 1. The third-order valence-electron chi connectivity index (χ3n) is 4.61. The molecular weight excluding hydrogens is 336 g/mol. The van der Waals surface area contributed by atoms with E-state index in [4.69, 9.17) is 4.74 Å². The Morgan fingerprint density at radius 1 is 0.960 bits per heavy atom. The molecule has 0 atom stereocenters. The molecule has 0 radical (unpaired) electrons. The Morgan fingerprint density at radius 3 is 2.20 bits per heavy atom. The van der Waals surface area contributed by atoms with Crippen molar-refractivity contribution in [3.63, 3.8) is 0 Å². The molecule has 1 heterocycles. The maximum atomic E-state index is 12.8. The Labute approximate surface area is 149 Å². The minimum Gasteiger partial charge on any atom is -0.497 e. The monoisotopic (exact) mass is 360 g/mol. The van der Waals surface area contributed by atoms with Gasteiger partial charge in [-0.3, -0.25) is 4.90 Å². The number of aryl methyl sites for hydroxylation is 1. The second-order valence-electron chi connectivity index (χ2n) is 6.29. The zero-order valence-corrected chi connectivity index (χ0v) is 15.5. The first-order chi connectivity index (χ1) is 12.0. The van der Waals surface area contributed by atoms with Gasteiger partial charge in [0, 0.05) is 32.7 Å². The molecule has 1 fully saturated rings. The number of sulfonamides is 1. The lowest BCUT2D eigenvalue weighted by atomic mass is 10.2. The molecule has 3 rings (SSSR count). The molecule has 0 amide bonds. The number of nitrogens with zero attached hydrogens (tertiary/aromatic N) is 2. The Hall–Kier alpha value is -1.89. The first kappa shape index (κ1) is 17.9. The van der Waals surface area contributed by atoms with E-state index in [1.165, 1.54) is 5.56 Å². The third-order valence-corrected chi connectivity index (χ3v) is 6.67. The number of hydrogen-bond acceptors (Lipinski definition) is 4. The number of piperazine rings is 1. The molecular formula is C19H24N2O3S. The Bertz CT molecular complexity index is 811. The van der Waals surface area contributed by atoms with E-state index in [2.05, 4.69) is 17.0 Å². The lowest BCUT2D eigenvalue weighted by Gasteiger charge is -2.34. The van der Waals surface area contributed by atoms with Gasteiger partial charge in [0.25, 0.3) is 0 Å². The van der Waals surface area contributed by atoms with Gasteiger partial charge in [-0.05, 0) is 36.2 Å². The summed E-state index contributed by atoms with van der Waals surface area (Å²) in [7, 11) is -1.75. The molecule has 0 N–H and O–H groups in total. The average molecular weight is 360 g/mol. The van der Waals surface area contributed by atoms with Crippen LogP contribution in [0.25, 0.3) is 0 Å². The molecule has 1 aliphatic rings. The van der Waals surface area contributed by atoms with Gasteiger partial charge in [-0.2, -0.15) is 4.31 Å². The molecule has 0 unspecified atom stereocenters. The van der Waals surface area contributed by atoms with Crippen molar-refractivity contribution in [1.29, 1.82) is 0 Å². The van der Waals surface area contributed by atoms with Crippen LogP contribution in [0.4, 0.5) is 0 Å². The van der Waals surface area contributed by atoms with Crippen molar-refractivity contribution in [3.05, 3.63) is 59.7 Å². The summed E-state index contributed by atoms with van der Waals surface area (Å²) in [5.41, 5.74) is 2.00. The van der Waals surface area contributed by atoms with Crippen LogP contribution in [0.1, 0.15) is 11.1 Å². The lowest BCUT2D eigenvalue weighted by Crippen LogP contribution is -2.48. The number of methoxy groups -OCH3 is 1. The Kier molecular flexibility index (Phi) is 5.42. The summed E-state index contributed by atoms with van der Waals surface area (Å²) in [5.74, 6) is 0.845. The third kappa shape index (κ3) is 4.03. The summed E-state index contributed by atoms with van der Waals surface area (Å²) in [6.07, 6.45) is 0. The fraction of sp³-hybridized carbons (Fsp3) is 0.368. The van der Waals surface area contributed by atoms with Gasteiger partial charge in [0.05, 0.1) is 12.0 Å². The maximum Gasteiger partial charge on any atom is 0.243 e. The van der Waals surface area contributed by atoms with Gasteiger partial charge < -0.3 is 4.74 Å². The molecule has 1 aliphatic heterocycles. The van der Waals surface area contributed by atoms with E-state index in [9.17, 15) is 8.42 Å². The number of hydrogen-bond donors (Lipinski definition) is 0. The number of rotatable bonds is 5. The highest BCUT2D eigenvalue weighted by Crippen LogP contribution is 2.21. The molecule has 0 aliphatic carbocycles. The molecule has 0 bridgehead atoms. The first-order valence-corrected chi connectivity index (χ1v) is 9.86. The van der Waals surface area contributed by atoms with Crippen molar-refractivity contribution in [2.24, 2.45) is 0 Å². The fourth-order valence-electron chi connectivity index (χ4n) is 3.10. The predicted molar refractivity (Wildman–Crippen MR) is 98.2 cm³/mol. The van der Waals surface area contributed by atoms with E-state index in [1.54, 1.807) is 23.5 Å². The SMILES string of the molecule is COc1ccc(CN2CCN(S(=O)(=O)c3ccccc3C)CC2)cc1. The van der Waals surface area contributed by atoms with Gasteiger partial charge in [-0.1, -0.05) is 30.3 Å². The Morgan fingerprint density at radius 2 is 1.60 bits per heavy atom. The van der Waals surface area contributed by atoms with Gasteiger partial charge in [-0.25, -0.2) is 8.42 Å². The van der Waals surface area contributed by atoms with E-state index in [0.29, 0.717) is 18.0 Å². The largest absolute Gasteiger partial charge is 0.497 e. The van der Waals surface area contributed by atoms with Crippen molar-refractivity contribution in [2.75, 3.05) is 33.3 Å². The second kappa shape index (κ2) is 7.56. The van der Waals surface area contributed by atoms with Crippen LogP contribution in [-0.4, -0.2) is 50.9 Å². The molecule has 25 heavy (non-hydrogen) atoms. The molecule has 6 heteroatoms. The minimum absolute atomic E-state index is 0.415. The minimum atomic E-state index is -3.41. The van der Waals surface area contributed by atoms with Crippen molar-refractivity contribution < 1.29 is 13.2 Å². The normalized spacial score (nSPS) is 16.7. The zero-order valence-electron chi connectivity index (χ0n) is 14.7. The standard InChI is InChI=1S/C19H24N2O3S/c1-16-5-3-4-6-19(16)25(22,23)21-13-11-20(12-14-21)15-17-7-9-18(24-2)10-8-17/h3-10H,11-15H2,1-2H3. The molecule has 0 spiro atoms. The highest BCUT2D eigenvalue weighted by atomic mass is 32.2. The van der Waals surface area contributed by atoms with E-state index >= 15 is 0 Å². The van der Waals surface area contributed by atoms with Crippen molar-refractivity contribution in [2.45, 2.75) is 18.4 Å². The van der Waals surface area contributed by atoms with Gasteiger partial charge in [0.15, 0.2) is 0 Å². The Balaban J connectivity index is 1.62. The van der Waals surface area contributed by atoms with Crippen molar-refractivity contribution >= 4 is 10.0 Å². The van der Waals surface area contributed by atoms with Crippen molar-refractivity contribution in [1.82, 2.24) is 9.21 Å². The molecule has 0 saturated carbocycles. The van der Waals surface area contributed by atoms with Crippen LogP contribution in [0.3, 0.4) is 0 Å². The van der Waals surface area contributed by atoms with Crippen LogP contribution in [0.2, 0.25) is 0 Å². The van der Waals surface area contributed by atoms with E-state index in [-0.39, 0.29) is 0 Å². The highest BCUT2D eigenvalue weighted by molar-refractivity contribution is 7.89. The van der Waals surface area contributed by atoms with Crippen molar-refractivity contribution in [3.8, 4) is 5.75 Å². The molecule has 134 valence electrons. The van der Waals surface area contributed by atoms with E-state index in [1.807, 2.05) is 31.2 Å². The summed E-state index contributed by atoms with van der Waals surface area (Å²) in [6.45, 7) is 5.17. The van der Waals surface area contributed by atoms with E-state index in [0.717, 1.165) is 30.9 Å². The summed E-state index contributed by atoms with van der Waals surface area (Å²) >= 11 is 0. The van der Waals surface area contributed by atoms with Crippen LogP contribution in [0.5, 0.6) is 5.75 Å². The average Bonchev–Trinajstić information content (AvgIpc) is 2.63. The molecule has 0 aromatic heterocycles. The maximum absolute atomic E-state index is 12.8. The lowest BCUT2D eigenvalue weighted by molar-refractivity contribution is 0.181. The molecule has 2 aromatic rings.